The first-order chi connectivity index (χ1) is 5.99. The Hall–Kier alpha value is -0.0800. The van der Waals surface area contributed by atoms with Gasteiger partial charge in [0.2, 0.25) is 0 Å². The zero-order valence-corrected chi connectivity index (χ0v) is 9.02. The monoisotopic (exact) mass is 183 g/mol. The molecule has 1 N–H and O–H groups in total. The third-order valence-corrected chi connectivity index (χ3v) is 3.23. The Morgan fingerprint density at radius 3 is 2.31 bits per heavy atom. The molecule has 0 aromatic rings. The summed E-state index contributed by atoms with van der Waals surface area (Å²) in [5.74, 6) is 0. The normalized spacial score (nSPS) is 38.5. The number of nitrogens with one attached hydrogen (secondary N) is 1. The van der Waals surface area contributed by atoms with Crippen LogP contribution in [0.4, 0.5) is 0 Å². The highest BCUT2D eigenvalue weighted by Gasteiger charge is 2.44. The summed E-state index contributed by atoms with van der Waals surface area (Å²) in [7, 11) is 0. The third kappa shape index (κ3) is 2.05. The molecule has 0 unspecified atom stereocenters. The average Bonchev–Trinajstić information content (AvgIpc) is 2.59. The minimum absolute atomic E-state index is 0.0110. The van der Waals surface area contributed by atoms with Gasteiger partial charge in [0.15, 0.2) is 0 Å². The van der Waals surface area contributed by atoms with Gasteiger partial charge >= 0.3 is 0 Å². The minimum Gasteiger partial charge on any atom is -0.374 e. The average molecular weight is 183 g/mol. The van der Waals surface area contributed by atoms with E-state index in [9.17, 15) is 0 Å². The van der Waals surface area contributed by atoms with E-state index in [1.165, 1.54) is 25.7 Å². The lowest BCUT2D eigenvalue weighted by atomic mass is 9.88. The summed E-state index contributed by atoms with van der Waals surface area (Å²) in [4.78, 5) is 0. The lowest BCUT2D eigenvalue weighted by Crippen LogP contribution is -2.43. The highest BCUT2D eigenvalue weighted by atomic mass is 16.5. The van der Waals surface area contributed by atoms with Crippen molar-refractivity contribution in [3.8, 4) is 0 Å². The fourth-order valence-corrected chi connectivity index (χ4v) is 2.43. The Labute approximate surface area is 81.0 Å². The third-order valence-electron chi connectivity index (χ3n) is 3.23. The van der Waals surface area contributed by atoms with Crippen molar-refractivity contribution in [3.63, 3.8) is 0 Å². The Kier molecular flexibility index (Phi) is 2.16. The van der Waals surface area contributed by atoms with E-state index < -0.39 is 0 Å². The highest BCUT2D eigenvalue weighted by Crippen LogP contribution is 2.38. The van der Waals surface area contributed by atoms with E-state index in [4.69, 9.17) is 4.74 Å². The molecule has 0 saturated carbocycles. The molecule has 2 heteroatoms. The van der Waals surface area contributed by atoms with Crippen molar-refractivity contribution in [2.45, 2.75) is 63.6 Å². The number of fused-ring (bicyclic) bond motifs is 2. The summed E-state index contributed by atoms with van der Waals surface area (Å²) in [6, 6.07) is 0.795. The highest BCUT2D eigenvalue weighted by molar-refractivity contribution is 5.04. The van der Waals surface area contributed by atoms with E-state index in [0.29, 0.717) is 5.54 Å². The maximum atomic E-state index is 5.87. The molecule has 0 radical (unpaired) electrons. The Balaban J connectivity index is 1.87. The molecule has 2 aliphatic heterocycles. The Morgan fingerprint density at radius 1 is 1.31 bits per heavy atom. The van der Waals surface area contributed by atoms with E-state index >= 15 is 0 Å². The first-order valence-electron chi connectivity index (χ1n) is 5.41. The number of rotatable bonds is 2. The van der Waals surface area contributed by atoms with Crippen molar-refractivity contribution in [2.75, 3.05) is 6.61 Å². The second-order valence-corrected chi connectivity index (χ2v) is 5.60. The van der Waals surface area contributed by atoms with E-state index in [0.717, 1.165) is 12.6 Å². The van der Waals surface area contributed by atoms with Gasteiger partial charge in [0.1, 0.15) is 0 Å². The molecular weight excluding hydrogens is 162 g/mol. The quantitative estimate of drug-likeness (QED) is 0.707. The number of hydrogen-bond acceptors (Lipinski definition) is 2. The molecular formula is C11H21NO. The second-order valence-electron chi connectivity index (χ2n) is 5.60. The van der Waals surface area contributed by atoms with E-state index in [1.54, 1.807) is 0 Å². The summed E-state index contributed by atoms with van der Waals surface area (Å²) in [6.45, 7) is 7.29. The first-order valence-corrected chi connectivity index (χ1v) is 5.41. The first kappa shape index (κ1) is 9.47. The fourth-order valence-electron chi connectivity index (χ4n) is 2.43. The molecule has 76 valence electrons. The minimum atomic E-state index is 0.0110. The molecule has 13 heavy (non-hydrogen) atoms. The summed E-state index contributed by atoms with van der Waals surface area (Å²) >= 11 is 0. The van der Waals surface area contributed by atoms with Crippen molar-refractivity contribution in [1.82, 2.24) is 5.32 Å². The van der Waals surface area contributed by atoms with Crippen LogP contribution in [0.15, 0.2) is 0 Å². The van der Waals surface area contributed by atoms with Crippen LogP contribution in [0.3, 0.4) is 0 Å². The van der Waals surface area contributed by atoms with Crippen molar-refractivity contribution in [3.05, 3.63) is 0 Å². The molecule has 0 aromatic carbocycles. The molecule has 2 nitrogen and oxygen atoms in total. The van der Waals surface area contributed by atoms with Gasteiger partial charge in [-0.2, -0.15) is 0 Å². The van der Waals surface area contributed by atoms with Crippen LogP contribution >= 0.6 is 0 Å². The fraction of sp³-hybridized carbons (Fsp3) is 1.00. The zero-order valence-electron chi connectivity index (χ0n) is 9.02. The predicted molar refractivity (Wildman–Crippen MR) is 53.8 cm³/mol. The Morgan fingerprint density at radius 2 is 1.92 bits per heavy atom. The molecule has 0 amide bonds. The number of ether oxygens (including phenoxy) is 1. The molecule has 2 rings (SSSR count). The molecule has 2 bridgehead atoms. The molecule has 0 spiro atoms. The van der Waals surface area contributed by atoms with E-state index in [1.807, 2.05) is 0 Å². The summed E-state index contributed by atoms with van der Waals surface area (Å²) in [5, 5.41) is 3.69. The zero-order chi connectivity index (χ0) is 9.53. The van der Waals surface area contributed by atoms with Crippen molar-refractivity contribution < 1.29 is 4.74 Å². The van der Waals surface area contributed by atoms with Crippen LogP contribution in [0.25, 0.3) is 0 Å². The lowest BCUT2D eigenvalue weighted by Gasteiger charge is -2.30. The van der Waals surface area contributed by atoms with Gasteiger partial charge in [0, 0.05) is 11.6 Å². The Bertz CT molecular complexity index is 187. The SMILES string of the molecule is CC(C)(C)OCC12CCC(CC1)N2. The van der Waals surface area contributed by atoms with Crippen molar-refractivity contribution >= 4 is 0 Å². The van der Waals surface area contributed by atoms with Gasteiger partial charge in [-0.25, -0.2) is 0 Å². The van der Waals surface area contributed by atoms with Crippen LogP contribution in [-0.4, -0.2) is 23.8 Å². The van der Waals surface area contributed by atoms with Crippen molar-refractivity contribution in [1.29, 1.82) is 0 Å². The van der Waals surface area contributed by atoms with Crippen LogP contribution < -0.4 is 5.32 Å². The molecule has 0 aromatic heterocycles. The smallest absolute Gasteiger partial charge is 0.0655 e. The van der Waals surface area contributed by atoms with E-state index in [2.05, 4.69) is 26.1 Å². The molecule has 2 fully saturated rings. The summed E-state index contributed by atoms with van der Waals surface area (Å²) in [5.41, 5.74) is 0.356. The number of hydrogen-bond donors (Lipinski definition) is 1. The molecule has 2 saturated heterocycles. The van der Waals surface area contributed by atoms with Crippen LogP contribution in [0.2, 0.25) is 0 Å². The van der Waals surface area contributed by atoms with Gasteiger partial charge in [0.25, 0.3) is 0 Å². The topological polar surface area (TPSA) is 21.3 Å². The summed E-state index contributed by atoms with van der Waals surface area (Å²) < 4.78 is 5.87. The largest absolute Gasteiger partial charge is 0.374 e. The van der Waals surface area contributed by atoms with Gasteiger partial charge in [-0.1, -0.05) is 0 Å². The van der Waals surface area contributed by atoms with Gasteiger partial charge in [-0.05, 0) is 46.5 Å². The van der Waals surface area contributed by atoms with Gasteiger partial charge in [-0.15, -0.1) is 0 Å². The van der Waals surface area contributed by atoms with Gasteiger partial charge < -0.3 is 10.1 Å². The van der Waals surface area contributed by atoms with Crippen LogP contribution in [0.1, 0.15) is 46.5 Å². The molecule has 2 heterocycles. The maximum Gasteiger partial charge on any atom is 0.0655 e. The van der Waals surface area contributed by atoms with Crippen molar-refractivity contribution in [2.24, 2.45) is 0 Å². The molecule has 2 aliphatic rings. The maximum absolute atomic E-state index is 5.87. The van der Waals surface area contributed by atoms with Crippen LogP contribution in [-0.2, 0) is 4.74 Å². The molecule has 0 aliphatic carbocycles. The summed E-state index contributed by atoms with van der Waals surface area (Å²) in [6.07, 6.45) is 5.34. The van der Waals surface area contributed by atoms with Gasteiger partial charge in [-0.3, -0.25) is 0 Å². The lowest BCUT2D eigenvalue weighted by molar-refractivity contribution is -0.0322. The van der Waals surface area contributed by atoms with Gasteiger partial charge in [0.05, 0.1) is 12.2 Å². The van der Waals surface area contributed by atoms with E-state index in [-0.39, 0.29) is 5.60 Å². The second kappa shape index (κ2) is 2.96. The predicted octanol–water partition coefficient (Wildman–Crippen LogP) is 2.09. The molecule has 0 atom stereocenters. The van der Waals surface area contributed by atoms with Crippen LogP contribution in [0, 0.1) is 0 Å². The van der Waals surface area contributed by atoms with Crippen LogP contribution in [0.5, 0.6) is 0 Å². The standard InChI is InChI=1S/C11H21NO/c1-10(2,3)13-8-11-6-4-9(12-11)5-7-11/h9,12H,4-8H2,1-3H3.